The van der Waals surface area contributed by atoms with Gasteiger partial charge in [0.2, 0.25) is 5.91 Å². The smallest absolute Gasteiger partial charge is 0.225 e. The van der Waals surface area contributed by atoms with Gasteiger partial charge in [0.15, 0.2) is 0 Å². The summed E-state index contributed by atoms with van der Waals surface area (Å²) in [7, 11) is 0. The molecule has 1 aliphatic rings. The van der Waals surface area contributed by atoms with Gasteiger partial charge in [-0.05, 0) is 17.5 Å². The van der Waals surface area contributed by atoms with E-state index >= 15 is 0 Å². The number of benzene rings is 1. The Balaban J connectivity index is 2.01. The Morgan fingerprint density at radius 2 is 2.25 bits per heavy atom. The Morgan fingerprint density at radius 1 is 1.40 bits per heavy atom. The fourth-order valence-electron chi connectivity index (χ4n) is 2.47. The highest BCUT2D eigenvalue weighted by Gasteiger charge is 2.29. The number of nitrogens with one attached hydrogen (secondary N) is 1. The average molecular weight is 285 g/mol. The SMILES string of the molecule is C=CCOc1ccccc1[C@H]1CC(=O)Nc2ccsc21. The second-order valence-electron chi connectivity index (χ2n) is 4.64. The minimum absolute atomic E-state index is 0.0550. The van der Waals surface area contributed by atoms with Crippen LogP contribution in [0.15, 0.2) is 48.4 Å². The number of para-hydroxylation sites is 1. The van der Waals surface area contributed by atoms with Crippen LogP contribution in [0.2, 0.25) is 0 Å². The standard InChI is InChI=1S/C16H15NO2S/c1-2-8-19-14-6-4-3-5-11(14)12-10-15(18)17-13-7-9-20-16(12)13/h2-7,9,12H,1,8,10H2,(H,17,18)/t12-/m1/s1. The summed E-state index contributed by atoms with van der Waals surface area (Å²) >= 11 is 1.67. The first kappa shape index (κ1) is 12.9. The topological polar surface area (TPSA) is 38.3 Å². The molecule has 102 valence electrons. The third-order valence-corrected chi connectivity index (χ3v) is 4.36. The van der Waals surface area contributed by atoms with Crippen LogP contribution in [0.5, 0.6) is 5.75 Å². The quantitative estimate of drug-likeness (QED) is 0.868. The molecule has 0 bridgehead atoms. The van der Waals surface area contributed by atoms with Crippen LogP contribution in [0.4, 0.5) is 5.69 Å². The Labute approximate surface area is 121 Å². The average Bonchev–Trinajstić information content (AvgIpc) is 2.92. The van der Waals surface area contributed by atoms with E-state index in [0.29, 0.717) is 13.0 Å². The predicted octanol–water partition coefficient (Wildman–Crippen LogP) is 3.79. The Hall–Kier alpha value is -2.07. The summed E-state index contributed by atoms with van der Waals surface area (Å²) in [6.07, 6.45) is 2.18. The van der Waals surface area contributed by atoms with E-state index in [9.17, 15) is 4.79 Å². The van der Waals surface area contributed by atoms with Crippen molar-refractivity contribution in [3.63, 3.8) is 0 Å². The van der Waals surface area contributed by atoms with Crippen LogP contribution < -0.4 is 10.1 Å². The lowest BCUT2D eigenvalue weighted by molar-refractivity contribution is -0.116. The summed E-state index contributed by atoms with van der Waals surface area (Å²) in [5, 5.41) is 4.93. The molecule has 2 heterocycles. The summed E-state index contributed by atoms with van der Waals surface area (Å²) in [6, 6.07) is 9.86. The van der Waals surface area contributed by atoms with Crippen LogP contribution >= 0.6 is 11.3 Å². The van der Waals surface area contributed by atoms with Crippen molar-refractivity contribution in [1.82, 2.24) is 0 Å². The van der Waals surface area contributed by atoms with Gasteiger partial charge >= 0.3 is 0 Å². The van der Waals surface area contributed by atoms with Crippen molar-refractivity contribution >= 4 is 22.9 Å². The molecule has 0 radical (unpaired) electrons. The first-order valence-corrected chi connectivity index (χ1v) is 7.37. The van der Waals surface area contributed by atoms with Gasteiger partial charge in [-0.3, -0.25) is 4.79 Å². The molecule has 0 saturated heterocycles. The molecular weight excluding hydrogens is 270 g/mol. The summed E-state index contributed by atoms with van der Waals surface area (Å²) < 4.78 is 5.72. The number of carbonyl (C=O) groups excluding carboxylic acids is 1. The van der Waals surface area contributed by atoms with Gasteiger partial charge < -0.3 is 10.1 Å². The lowest BCUT2D eigenvalue weighted by Crippen LogP contribution is -2.22. The molecule has 0 unspecified atom stereocenters. The van der Waals surface area contributed by atoms with E-state index in [1.54, 1.807) is 17.4 Å². The molecule has 0 spiro atoms. The van der Waals surface area contributed by atoms with Gasteiger partial charge in [-0.1, -0.05) is 30.9 Å². The number of thiophene rings is 1. The number of rotatable bonds is 4. The van der Waals surface area contributed by atoms with Crippen LogP contribution in [-0.2, 0) is 4.79 Å². The summed E-state index contributed by atoms with van der Waals surface area (Å²) in [4.78, 5) is 13.1. The first-order chi connectivity index (χ1) is 9.79. The molecule has 1 N–H and O–H groups in total. The van der Waals surface area contributed by atoms with Crippen LogP contribution in [0.1, 0.15) is 22.8 Å². The molecule has 1 amide bonds. The van der Waals surface area contributed by atoms with Gasteiger partial charge in [0, 0.05) is 22.8 Å². The molecule has 0 aliphatic carbocycles. The number of anilines is 1. The zero-order valence-corrected chi connectivity index (χ0v) is 11.8. The highest BCUT2D eigenvalue weighted by Crippen LogP contribution is 2.43. The van der Waals surface area contributed by atoms with Gasteiger partial charge in [0.1, 0.15) is 12.4 Å². The minimum Gasteiger partial charge on any atom is -0.489 e. The number of fused-ring (bicyclic) bond motifs is 1. The molecule has 0 fully saturated rings. The third-order valence-electron chi connectivity index (χ3n) is 3.33. The monoisotopic (exact) mass is 285 g/mol. The lowest BCUT2D eigenvalue weighted by Gasteiger charge is -2.24. The Bertz CT molecular complexity index is 647. The Kier molecular flexibility index (Phi) is 3.56. The highest BCUT2D eigenvalue weighted by molar-refractivity contribution is 7.10. The molecule has 20 heavy (non-hydrogen) atoms. The minimum atomic E-state index is 0.0550. The third kappa shape index (κ3) is 2.34. The highest BCUT2D eigenvalue weighted by atomic mass is 32.1. The second-order valence-corrected chi connectivity index (χ2v) is 5.59. The molecule has 3 nitrogen and oxygen atoms in total. The van der Waals surface area contributed by atoms with Crippen LogP contribution in [0, 0.1) is 0 Å². The van der Waals surface area contributed by atoms with E-state index in [2.05, 4.69) is 11.9 Å². The van der Waals surface area contributed by atoms with Crippen molar-refractivity contribution in [2.75, 3.05) is 11.9 Å². The zero-order chi connectivity index (χ0) is 13.9. The van der Waals surface area contributed by atoms with E-state index < -0.39 is 0 Å². The van der Waals surface area contributed by atoms with E-state index in [-0.39, 0.29) is 11.8 Å². The summed E-state index contributed by atoms with van der Waals surface area (Å²) in [6.45, 7) is 4.14. The van der Waals surface area contributed by atoms with E-state index in [4.69, 9.17) is 4.74 Å². The van der Waals surface area contributed by atoms with Gasteiger partial charge in [-0.2, -0.15) is 0 Å². The van der Waals surface area contributed by atoms with E-state index in [0.717, 1.165) is 17.0 Å². The van der Waals surface area contributed by atoms with Crippen molar-refractivity contribution in [1.29, 1.82) is 0 Å². The number of carbonyl (C=O) groups is 1. The lowest BCUT2D eigenvalue weighted by atomic mass is 9.90. The van der Waals surface area contributed by atoms with Gasteiger partial charge in [0.25, 0.3) is 0 Å². The van der Waals surface area contributed by atoms with Gasteiger partial charge in [-0.15, -0.1) is 11.3 Å². The molecule has 0 saturated carbocycles. The van der Waals surface area contributed by atoms with Crippen molar-refractivity contribution < 1.29 is 9.53 Å². The maximum Gasteiger partial charge on any atom is 0.225 e. The van der Waals surface area contributed by atoms with E-state index in [1.165, 1.54) is 4.88 Å². The van der Waals surface area contributed by atoms with Crippen molar-refractivity contribution in [2.24, 2.45) is 0 Å². The van der Waals surface area contributed by atoms with Crippen molar-refractivity contribution in [2.45, 2.75) is 12.3 Å². The maximum atomic E-state index is 11.9. The van der Waals surface area contributed by atoms with Crippen molar-refractivity contribution in [3.05, 3.63) is 58.8 Å². The molecule has 2 aromatic rings. The van der Waals surface area contributed by atoms with Crippen LogP contribution in [0.3, 0.4) is 0 Å². The van der Waals surface area contributed by atoms with Crippen LogP contribution in [0.25, 0.3) is 0 Å². The fourth-order valence-corrected chi connectivity index (χ4v) is 3.44. The molecular formula is C16H15NO2S. The normalized spacial score (nSPS) is 17.2. The van der Waals surface area contributed by atoms with Crippen LogP contribution in [-0.4, -0.2) is 12.5 Å². The molecule has 1 aromatic heterocycles. The molecule has 1 aliphatic heterocycles. The predicted molar refractivity (Wildman–Crippen MR) is 81.5 cm³/mol. The van der Waals surface area contributed by atoms with E-state index in [1.807, 2.05) is 35.7 Å². The zero-order valence-electron chi connectivity index (χ0n) is 11.0. The molecule has 4 heteroatoms. The number of hydrogen-bond acceptors (Lipinski definition) is 3. The largest absolute Gasteiger partial charge is 0.489 e. The maximum absolute atomic E-state index is 11.9. The number of ether oxygens (including phenoxy) is 1. The first-order valence-electron chi connectivity index (χ1n) is 6.49. The molecule has 1 aromatic carbocycles. The summed E-state index contributed by atoms with van der Waals surface area (Å²) in [5.41, 5.74) is 1.99. The second kappa shape index (κ2) is 5.51. The number of amides is 1. The molecule has 1 atom stereocenters. The van der Waals surface area contributed by atoms with Gasteiger partial charge in [0.05, 0.1) is 5.69 Å². The summed E-state index contributed by atoms with van der Waals surface area (Å²) in [5.74, 6) is 0.950. The Morgan fingerprint density at radius 3 is 3.10 bits per heavy atom. The fraction of sp³-hybridized carbons (Fsp3) is 0.188. The van der Waals surface area contributed by atoms with Gasteiger partial charge in [-0.25, -0.2) is 0 Å². The van der Waals surface area contributed by atoms with Crippen molar-refractivity contribution in [3.8, 4) is 5.75 Å². The number of hydrogen-bond donors (Lipinski definition) is 1. The molecule has 3 rings (SSSR count).